The van der Waals surface area contributed by atoms with Crippen molar-refractivity contribution in [3.05, 3.63) is 71.5 Å². The first-order valence-corrected chi connectivity index (χ1v) is 9.41. The molecule has 2 aromatic carbocycles. The summed E-state index contributed by atoms with van der Waals surface area (Å²) in [7, 11) is -3.97. The van der Waals surface area contributed by atoms with Gasteiger partial charge in [-0.2, -0.15) is 8.42 Å². The van der Waals surface area contributed by atoms with E-state index in [0.717, 1.165) is 12.1 Å². The van der Waals surface area contributed by atoms with E-state index in [0.29, 0.717) is 5.56 Å². The minimum absolute atomic E-state index is 0.205. The highest BCUT2D eigenvalue weighted by Crippen LogP contribution is 2.28. The van der Waals surface area contributed by atoms with E-state index in [1.54, 1.807) is 51.1 Å². The number of ketones is 1. The van der Waals surface area contributed by atoms with Gasteiger partial charge in [0, 0.05) is 5.56 Å². The monoisotopic (exact) mass is 364 g/mol. The first-order chi connectivity index (χ1) is 11.6. The molecule has 4 nitrogen and oxygen atoms in total. The largest absolute Gasteiger partial charge is 0.291 e. The number of hydrogen-bond acceptors (Lipinski definition) is 4. The zero-order valence-corrected chi connectivity index (χ0v) is 15.2. The molecule has 0 aliphatic heterocycles. The molecule has 1 unspecified atom stereocenters. The van der Waals surface area contributed by atoms with Gasteiger partial charge in [-0.25, -0.2) is 4.39 Å². The van der Waals surface area contributed by atoms with E-state index < -0.39 is 33.2 Å². The lowest BCUT2D eigenvalue weighted by Gasteiger charge is -2.28. The Morgan fingerprint density at radius 2 is 1.60 bits per heavy atom. The molecule has 134 valence electrons. The Kier molecular flexibility index (Phi) is 5.75. The van der Waals surface area contributed by atoms with Crippen molar-refractivity contribution < 1.29 is 21.8 Å². The fraction of sp³-hybridized carbons (Fsp3) is 0.316. The molecule has 0 saturated heterocycles. The molecule has 0 aliphatic rings. The summed E-state index contributed by atoms with van der Waals surface area (Å²) in [5.41, 5.74) is 0.0236. The SMILES string of the molecule is CC(C)(C)C(OS(=O)(=O)Cc1ccccc1)C(=O)c1ccc(F)cc1. The lowest BCUT2D eigenvalue weighted by Crippen LogP contribution is -2.39. The molecular formula is C19H21FO4S. The minimum atomic E-state index is -3.97. The van der Waals surface area contributed by atoms with E-state index >= 15 is 0 Å². The van der Waals surface area contributed by atoms with E-state index in [4.69, 9.17) is 4.18 Å². The molecule has 0 N–H and O–H groups in total. The number of Topliss-reactive ketones (excluding diaryl/α,β-unsaturated/α-hetero) is 1. The predicted octanol–water partition coefficient (Wildman–Crippen LogP) is 3.97. The Bertz CT molecular complexity index is 822. The lowest BCUT2D eigenvalue weighted by molar-refractivity contribution is 0.0561. The number of benzene rings is 2. The molecule has 0 spiro atoms. The number of rotatable bonds is 6. The van der Waals surface area contributed by atoms with Gasteiger partial charge in [0.15, 0.2) is 5.78 Å². The minimum Gasteiger partial charge on any atom is -0.291 e. The highest BCUT2D eigenvalue weighted by atomic mass is 32.2. The third-order valence-electron chi connectivity index (χ3n) is 3.58. The summed E-state index contributed by atoms with van der Waals surface area (Å²) in [6.45, 7) is 5.16. The summed E-state index contributed by atoms with van der Waals surface area (Å²) in [5, 5.41) is 0. The highest BCUT2D eigenvalue weighted by Gasteiger charge is 2.37. The third kappa shape index (κ3) is 5.47. The summed E-state index contributed by atoms with van der Waals surface area (Å²) in [6, 6.07) is 13.6. The van der Waals surface area contributed by atoms with Gasteiger partial charge in [-0.3, -0.25) is 8.98 Å². The quantitative estimate of drug-likeness (QED) is 0.575. The average Bonchev–Trinajstić information content (AvgIpc) is 2.52. The van der Waals surface area contributed by atoms with Crippen molar-refractivity contribution in [2.24, 2.45) is 5.41 Å². The normalized spacial score (nSPS) is 13.4. The lowest BCUT2D eigenvalue weighted by atomic mass is 9.84. The number of hydrogen-bond donors (Lipinski definition) is 0. The van der Waals surface area contributed by atoms with E-state index in [9.17, 15) is 17.6 Å². The maximum Gasteiger partial charge on any atom is 0.272 e. The summed E-state index contributed by atoms with van der Waals surface area (Å²) >= 11 is 0. The Morgan fingerprint density at radius 1 is 1.04 bits per heavy atom. The second-order valence-electron chi connectivity index (χ2n) is 6.90. The van der Waals surface area contributed by atoms with Crippen molar-refractivity contribution in [3.63, 3.8) is 0 Å². The van der Waals surface area contributed by atoms with Crippen molar-refractivity contribution in [2.75, 3.05) is 0 Å². The predicted molar refractivity (Wildman–Crippen MR) is 94.1 cm³/mol. The van der Waals surface area contributed by atoms with Gasteiger partial charge in [-0.15, -0.1) is 0 Å². The van der Waals surface area contributed by atoms with E-state index in [2.05, 4.69) is 0 Å². The van der Waals surface area contributed by atoms with Crippen LogP contribution in [-0.2, 0) is 20.1 Å². The molecule has 2 aromatic rings. The molecule has 25 heavy (non-hydrogen) atoms. The maximum atomic E-state index is 13.1. The summed E-state index contributed by atoms with van der Waals surface area (Å²) in [4.78, 5) is 12.7. The number of carbonyl (C=O) groups is 1. The van der Waals surface area contributed by atoms with Crippen LogP contribution in [0.2, 0.25) is 0 Å². The van der Waals surface area contributed by atoms with Gasteiger partial charge in [0.05, 0.1) is 0 Å². The number of carbonyl (C=O) groups excluding carboxylic acids is 1. The van der Waals surface area contributed by atoms with Crippen LogP contribution in [0.25, 0.3) is 0 Å². The smallest absolute Gasteiger partial charge is 0.272 e. The molecule has 0 amide bonds. The molecule has 0 bridgehead atoms. The van der Waals surface area contributed by atoms with Gasteiger partial charge in [0.1, 0.15) is 17.7 Å². The van der Waals surface area contributed by atoms with Crippen molar-refractivity contribution in [3.8, 4) is 0 Å². The van der Waals surface area contributed by atoms with Crippen LogP contribution in [0, 0.1) is 11.2 Å². The van der Waals surface area contributed by atoms with Gasteiger partial charge in [0.25, 0.3) is 10.1 Å². The standard InChI is InChI=1S/C19H21FO4S/c1-19(2,3)18(17(21)15-9-11-16(20)12-10-15)24-25(22,23)13-14-7-5-4-6-8-14/h4-12,18H,13H2,1-3H3. The second-order valence-corrected chi connectivity index (χ2v) is 8.50. The molecule has 0 saturated carbocycles. The van der Waals surface area contributed by atoms with Crippen molar-refractivity contribution in [1.29, 1.82) is 0 Å². The Labute approximate surface area is 147 Å². The van der Waals surface area contributed by atoms with Crippen LogP contribution in [0.1, 0.15) is 36.7 Å². The zero-order valence-electron chi connectivity index (χ0n) is 14.4. The molecule has 0 aliphatic carbocycles. The molecule has 0 radical (unpaired) electrons. The van der Waals surface area contributed by atoms with Crippen LogP contribution in [-0.4, -0.2) is 20.3 Å². The molecular weight excluding hydrogens is 343 g/mol. The molecule has 0 fully saturated rings. The Balaban J connectivity index is 2.26. The van der Waals surface area contributed by atoms with Gasteiger partial charge in [-0.05, 0) is 35.2 Å². The van der Waals surface area contributed by atoms with Gasteiger partial charge < -0.3 is 0 Å². The fourth-order valence-corrected chi connectivity index (χ4v) is 3.64. The second kappa shape index (κ2) is 7.45. The molecule has 6 heteroatoms. The third-order valence-corrected chi connectivity index (χ3v) is 4.76. The van der Waals surface area contributed by atoms with Crippen molar-refractivity contribution >= 4 is 15.9 Å². The topological polar surface area (TPSA) is 60.4 Å². The van der Waals surface area contributed by atoms with Crippen LogP contribution in [0.3, 0.4) is 0 Å². The van der Waals surface area contributed by atoms with E-state index in [-0.39, 0.29) is 11.3 Å². The van der Waals surface area contributed by atoms with Crippen LogP contribution >= 0.6 is 0 Å². The fourth-order valence-electron chi connectivity index (χ4n) is 2.31. The van der Waals surface area contributed by atoms with E-state index in [1.165, 1.54) is 12.1 Å². The maximum absolute atomic E-state index is 13.1. The van der Waals surface area contributed by atoms with Crippen LogP contribution < -0.4 is 0 Å². The summed E-state index contributed by atoms with van der Waals surface area (Å²) in [5.74, 6) is -1.29. The van der Waals surface area contributed by atoms with Gasteiger partial charge in [-0.1, -0.05) is 51.1 Å². The van der Waals surface area contributed by atoms with Crippen LogP contribution in [0.4, 0.5) is 4.39 Å². The van der Waals surface area contributed by atoms with Crippen LogP contribution in [0.5, 0.6) is 0 Å². The van der Waals surface area contributed by atoms with Crippen molar-refractivity contribution in [2.45, 2.75) is 32.6 Å². The highest BCUT2D eigenvalue weighted by molar-refractivity contribution is 7.85. The first kappa shape index (κ1) is 19.3. The Hall–Kier alpha value is -2.05. The van der Waals surface area contributed by atoms with Gasteiger partial charge >= 0.3 is 0 Å². The number of halogens is 1. The zero-order chi connectivity index (χ0) is 18.7. The Morgan fingerprint density at radius 3 is 2.12 bits per heavy atom. The van der Waals surface area contributed by atoms with E-state index in [1.807, 2.05) is 0 Å². The molecule has 0 aromatic heterocycles. The van der Waals surface area contributed by atoms with Gasteiger partial charge in [0.2, 0.25) is 0 Å². The first-order valence-electron chi connectivity index (χ1n) is 7.83. The van der Waals surface area contributed by atoms with Crippen LogP contribution in [0.15, 0.2) is 54.6 Å². The summed E-state index contributed by atoms with van der Waals surface area (Å²) in [6.07, 6.45) is -1.20. The summed E-state index contributed by atoms with van der Waals surface area (Å²) < 4.78 is 43.2. The average molecular weight is 364 g/mol. The molecule has 0 heterocycles. The molecule has 2 rings (SSSR count). The van der Waals surface area contributed by atoms with Crippen molar-refractivity contribution in [1.82, 2.24) is 0 Å². The molecule has 1 atom stereocenters.